The Balaban J connectivity index is 2.30. The van der Waals surface area contributed by atoms with Crippen LogP contribution in [0.15, 0.2) is 0 Å². The van der Waals surface area contributed by atoms with Crippen LogP contribution in [0.4, 0.5) is 4.79 Å². The van der Waals surface area contributed by atoms with E-state index in [1.165, 1.54) is 0 Å². The molecular formula is C14H27NO5S. The Morgan fingerprint density at radius 1 is 1.24 bits per heavy atom. The summed E-state index contributed by atoms with van der Waals surface area (Å²) in [6, 6.07) is 0. The minimum Gasteiger partial charge on any atom is -0.447 e. The maximum absolute atomic E-state index is 11.8. The highest BCUT2D eigenvalue weighted by molar-refractivity contribution is 7.85. The summed E-state index contributed by atoms with van der Waals surface area (Å²) in [5, 5.41) is 0. The van der Waals surface area contributed by atoms with Crippen LogP contribution in [0.2, 0.25) is 0 Å². The summed E-state index contributed by atoms with van der Waals surface area (Å²) < 4.78 is 31.8. The van der Waals surface area contributed by atoms with Crippen LogP contribution in [0.3, 0.4) is 0 Å². The zero-order chi connectivity index (χ0) is 16.0. The summed E-state index contributed by atoms with van der Waals surface area (Å²) in [6.45, 7) is 7.43. The standard InChI is InChI=1S/C14H27NO5S/c1-11(2)20-14(16)15-8-5-13(6-9-15)12(3)7-10-19-21(4,17)18/h11-13H,5-10H2,1-4H3. The third-order valence-corrected chi connectivity index (χ3v) is 4.40. The van der Waals surface area contributed by atoms with E-state index in [0.29, 0.717) is 31.3 Å². The molecule has 1 saturated heterocycles. The van der Waals surface area contributed by atoms with Gasteiger partial charge in [0.25, 0.3) is 10.1 Å². The summed E-state index contributed by atoms with van der Waals surface area (Å²) in [7, 11) is -3.35. The first kappa shape index (κ1) is 18.2. The van der Waals surface area contributed by atoms with Crippen LogP contribution in [0.5, 0.6) is 0 Å². The monoisotopic (exact) mass is 321 g/mol. The normalized spacial score (nSPS) is 18.8. The van der Waals surface area contributed by atoms with Crippen molar-refractivity contribution in [1.29, 1.82) is 0 Å². The zero-order valence-electron chi connectivity index (χ0n) is 13.4. The van der Waals surface area contributed by atoms with Gasteiger partial charge in [-0.3, -0.25) is 4.18 Å². The minimum atomic E-state index is -3.35. The first-order valence-electron chi connectivity index (χ1n) is 7.49. The third kappa shape index (κ3) is 7.13. The second-order valence-electron chi connectivity index (χ2n) is 6.05. The summed E-state index contributed by atoms with van der Waals surface area (Å²) in [4.78, 5) is 13.5. The van der Waals surface area contributed by atoms with E-state index in [4.69, 9.17) is 8.92 Å². The molecule has 0 radical (unpaired) electrons. The smallest absolute Gasteiger partial charge is 0.410 e. The van der Waals surface area contributed by atoms with Crippen molar-refractivity contribution in [2.75, 3.05) is 26.0 Å². The highest BCUT2D eigenvalue weighted by Gasteiger charge is 2.27. The lowest BCUT2D eigenvalue weighted by Gasteiger charge is -2.34. The molecule has 1 aliphatic rings. The lowest BCUT2D eigenvalue weighted by molar-refractivity contribution is 0.0597. The molecule has 1 rings (SSSR count). The van der Waals surface area contributed by atoms with E-state index in [2.05, 4.69) is 6.92 Å². The van der Waals surface area contributed by atoms with Crippen molar-refractivity contribution in [3.63, 3.8) is 0 Å². The van der Waals surface area contributed by atoms with Crippen LogP contribution in [0.25, 0.3) is 0 Å². The van der Waals surface area contributed by atoms with Crippen molar-refractivity contribution in [3.8, 4) is 0 Å². The first-order valence-corrected chi connectivity index (χ1v) is 9.30. The topological polar surface area (TPSA) is 72.9 Å². The van der Waals surface area contributed by atoms with Crippen molar-refractivity contribution in [3.05, 3.63) is 0 Å². The van der Waals surface area contributed by atoms with Gasteiger partial charge in [0.15, 0.2) is 0 Å². The Hall–Kier alpha value is -0.820. The fraction of sp³-hybridized carbons (Fsp3) is 0.929. The molecule has 1 atom stereocenters. The molecule has 1 aliphatic heterocycles. The summed E-state index contributed by atoms with van der Waals surface area (Å²) in [6.07, 6.45) is 3.30. The summed E-state index contributed by atoms with van der Waals surface area (Å²) in [5.41, 5.74) is 0. The van der Waals surface area contributed by atoms with E-state index in [-0.39, 0.29) is 18.8 Å². The van der Waals surface area contributed by atoms with Crippen molar-refractivity contribution in [2.24, 2.45) is 11.8 Å². The van der Waals surface area contributed by atoms with Gasteiger partial charge in [-0.15, -0.1) is 0 Å². The third-order valence-electron chi connectivity index (χ3n) is 3.81. The van der Waals surface area contributed by atoms with Crippen LogP contribution in [-0.4, -0.2) is 51.5 Å². The van der Waals surface area contributed by atoms with E-state index in [0.717, 1.165) is 19.1 Å². The zero-order valence-corrected chi connectivity index (χ0v) is 14.2. The highest BCUT2D eigenvalue weighted by atomic mass is 32.2. The summed E-state index contributed by atoms with van der Waals surface area (Å²) in [5.74, 6) is 0.881. The Morgan fingerprint density at radius 2 is 1.81 bits per heavy atom. The molecule has 1 amide bonds. The minimum absolute atomic E-state index is 0.0951. The summed E-state index contributed by atoms with van der Waals surface area (Å²) >= 11 is 0. The Morgan fingerprint density at radius 3 is 2.29 bits per heavy atom. The van der Waals surface area contributed by atoms with Gasteiger partial charge in [0.1, 0.15) is 0 Å². The molecule has 0 aromatic heterocycles. The van der Waals surface area contributed by atoms with Gasteiger partial charge in [0, 0.05) is 13.1 Å². The molecule has 0 spiro atoms. The predicted octanol–water partition coefficient (Wildman–Crippen LogP) is 2.25. The average molecular weight is 321 g/mol. The number of ether oxygens (including phenoxy) is 1. The Kier molecular flexibility index (Phi) is 6.93. The lowest BCUT2D eigenvalue weighted by atomic mass is 9.84. The van der Waals surface area contributed by atoms with Crippen molar-refractivity contribution in [2.45, 2.75) is 46.1 Å². The van der Waals surface area contributed by atoms with Crippen LogP contribution in [0, 0.1) is 11.8 Å². The van der Waals surface area contributed by atoms with Crippen LogP contribution in [0.1, 0.15) is 40.0 Å². The van der Waals surface area contributed by atoms with Gasteiger partial charge in [0.2, 0.25) is 0 Å². The average Bonchev–Trinajstić information content (AvgIpc) is 2.36. The molecule has 6 nitrogen and oxygen atoms in total. The number of carbonyl (C=O) groups is 1. The molecule has 7 heteroatoms. The Bertz CT molecular complexity index is 427. The molecular weight excluding hydrogens is 294 g/mol. The Labute approximate surface area is 127 Å². The van der Waals surface area contributed by atoms with E-state index >= 15 is 0 Å². The molecule has 0 aromatic rings. The SMILES string of the molecule is CC(C)OC(=O)N1CCC(C(C)CCOS(C)(=O)=O)CC1. The fourth-order valence-electron chi connectivity index (χ4n) is 2.55. The first-order chi connectivity index (χ1) is 9.69. The van der Waals surface area contributed by atoms with Gasteiger partial charge in [-0.2, -0.15) is 8.42 Å². The van der Waals surface area contributed by atoms with Crippen LogP contribution < -0.4 is 0 Å². The number of carbonyl (C=O) groups excluding carboxylic acids is 1. The molecule has 0 aromatic carbocycles. The van der Waals surface area contributed by atoms with Crippen LogP contribution >= 0.6 is 0 Å². The van der Waals surface area contributed by atoms with E-state index in [1.807, 2.05) is 13.8 Å². The maximum Gasteiger partial charge on any atom is 0.410 e. The van der Waals surface area contributed by atoms with Gasteiger partial charge in [-0.05, 0) is 44.9 Å². The molecule has 0 bridgehead atoms. The van der Waals surface area contributed by atoms with Crippen molar-refractivity contribution >= 4 is 16.2 Å². The molecule has 0 aliphatic carbocycles. The van der Waals surface area contributed by atoms with Crippen LogP contribution in [-0.2, 0) is 19.0 Å². The molecule has 1 fully saturated rings. The number of hydrogen-bond donors (Lipinski definition) is 0. The van der Waals surface area contributed by atoms with E-state index in [1.54, 1.807) is 4.90 Å². The van der Waals surface area contributed by atoms with Crippen molar-refractivity contribution < 1.29 is 22.1 Å². The number of nitrogens with zero attached hydrogens (tertiary/aromatic N) is 1. The second-order valence-corrected chi connectivity index (χ2v) is 7.69. The van der Waals surface area contributed by atoms with Gasteiger partial charge in [0.05, 0.1) is 19.0 Å². The number of rotatable bonds is 6. The maximum atomic E-state index is 11.8. The largest absolute Gasteiger partial charge is 0.447 e. The lowest BCUT2D eigenvalue weighted by Crippen LogP contribution is -2.41. The number of amides is 1. The number of hydrogen-bond acceptors (Lipinski definition) is 5. The molecule has 0 saturated carbocycles. The quantitative estimate of drug-likeness (QED) is 0.702. The van der Waals surface area contributed by atoms with E-state index in [9.17, 15) is 13.2 Å². The van der Waals surface area contributed by atoms with Gasteiger partial charge >= 0.3 is 6.09 Å². The number of piperidine rings is 1. The molecule has 0 N–H and O–H groups in total. The highest BCUT2D eigenvalue weighted by Crippen LogP contribution is 2.27. The number of likely N-dealkylation sites (tertiary alicyclic amines) is 1. The van der Waals surface area contributed by atoms with Gasteiger partial charge in [-0.25, -0.2) is 4.79 Å². The second kappa shape index (κ2) is 7.98. The fourth-order valence-corrected chi connectivity index (χ4v) is 2.95. The molecule has 1 unspecified atom stereocenters. The van der Waals surface area contributed by atoms with Gasteiger partial charge in [-0.1, -0.05) is 6.92 Å². The molecule has 1 heterocycles. The molecule has 21 heavy (non-hydrogen) atoms. The molecule has 124 valence electrons. The van der Waals surface area contributed by atoms with Crippen molar-refractivity contribution in [1.82, 2.24) is 4.90 Å². The van der Waals surface area contributed by atoms with E-state index < -0.39 is 10.1 Å². The van der Waals surface area contributed by atoms with Gasteiger partial charge < -0.3 is 9.64 Å². The predicted molar refractivity (Wildman–Crippen MR) is 80.5 cm³/mol.